The minimum Gasteiger partial charge on any atom is -0.395 e. The molecule has 0 aliphatic rings. The monoisotopic (exact) mass is 247 g/mol. The molecule has 2 N–H and O–H groups in total. The number of benzene rings is 1. The van der Waals surface area contributed by atoms with Gasteiger partial charge in [-0.25, -0.2) is 0 Å². The largest absolute Gasteiger partial charge is 0.395 e. The fourth-order valence-corrected chi connectivity index (χ4v) is 2.79. The molecule has 0 aliphatic heterocycles. The van der Waals surface area contributed by atoms with Gasteiger partial charge in [0.1, 0.15) is 5.03 Å². The van der Waals surface area contributed by atoms with Crippen molar-refractivity contribution in [3.8, 4) is 0 Å². The molecular formula is C13H17N3S. The summed E-state index contributed by atoms with van der Waals surface area (Å²) in [6.45, 7) is 6.97. The zero-order chi connectivity index (χ0) is 12.4. The zero-order valence-electron chi connectivity index (χ0n) is 10.4. The second kappa shape index (κ2) is 4.84. The number of anilines is 1. The Kier molecular flexibility index (Phi) is 3.43. The second-order valence-corrected chi connectivity index (χ2v) is 5.02. The highest BCUT2D eigenvalue weighted by molar-refractivity contribution is 7.99. The maximum Gasteiger partial charge on any atom is 0.122 e. The molecule has 17 heavy (non-hydrogen) atoms. The molecule has 0 radical (unpaired) electrons. The van der Waals surface area contributed by atoms with Crippen LogP contribution in [-0.4, -0.2) is 9.78 Å². The van der Waals surface area contributed by atoms with Gasteiger partial charge < -0.3 is 5.73 Å². The molecule has 90 valence electrons. The minimum atomic E-state index is 0.792. The molecule has 2 aromatic rings. The van der Waals surface area contributed by atoms with Crippen molar-refractivity contribution in [2.24, 2.45) is 0 Å². The van der Waals surface area contributed by atoms with E-state index in [4.69, 9.17) is 5.73 Å². The van der Waals surface area contributed by atoms with Crippen LogP contribution in [0.1, 0.15) is 18.2 Å². The summed E-state index contributed by atoms with van der Waals surface area (Å²) in [5.41, 5.74) is 9.03. The summed E-state index contributed by atoms with van der Waals surface area (Å²) in [6.07, 6.45) is 0. The maximum absolute atomic E-state index is 6.07. The van der Waals surface area contributed by atoms with Crippen molar-refractivity contribution in [1.29, 1.82) is 0 Å². The Morgan fingerprint density at radius 1 is 1.29 bits per heavy atom. The SMILES string of the molecule is CCn1nc(C)c(N)c1Sc1ccccc1C. The van der Waals surface area contributed by atoms with Gasteiger partial charge in [-0.1, -0.05) is 30.0 Å². The van der Waals surface area contributed by atoms with Crippen LogP contribution in [0.2, 0.25) is 0 Å². The number of aromatic nitrogens is 2. The summed E-state index contributed by atoms with van der Waals surface area (Å²) in [5.74, 6) is 0. The van der Waals surface area contributed by atoms with E-state index in [1.807, 2.05) is 23.7 Å². The van der Waals surface area contributed by atoms with E-state index in [0.29, 0.717) is 0 Å². The highest BCUT2D eigenvalue weighted by Gasteiger charge is 2.13. The number of nitrogen functional groups attached to an aromatic ring is 1. The fourth-order valence-electron chi connectivity index (χ4n) is 1.67. The van der Waals surface area contributed by atoms with Gasteiger partial charge in [0.05, 0.1) is 11.4 Å². The molecular weight excluding hydrogens is 230 g/mol. The topological polar surface area (TPSA) is 43.8 Å². The summed E-state index contributed by atoms with van der Waals surface area (Å²) in [5, 5.41) is 5.47. The zero-order valence-corrected chi connectivity index (χ0v) is 11.2. The summed E-state index contributed by atoms with van der Waals surface area (Å²) in [7, 11) is 0. The van der Waals surface area contributed by atoms with Crippen LogP contribution in [0.15, 0.2) is 34.2 Å². The van der Waals surface area contributed by atoms with Crippen LogP contribution in [0.5, 0.6) is 0 Å². The van der Waals surface area contributed by atoms with Gasteiger partial charge in [0.2, 0.25) is 0 Å². The van der Waals surface area contributed by atoms with Gasteiger partial charge in [0.15, 0.2) is 0 Å². The second-order valence-electron chi connectivity index (χ2n) is 3.99. The highest BCUT2D eigenvalue weighted by atomic mass is 32.2. The van der Waals surface area contributed by atoms with Crippen molar-refractivity contribution >= 4 is 17.4 Å². The molecule has 0 spiro atoms. The van der Waals surface area contributed by atoms with E-state index in [1.165, 1.54) is 10.5 Å². The van der Waals surface area contributed by atoms with E-state index >= 15 is 0 Å². The predicted molar refractivity (Wildman–Crippen MR) is 72.4 cm³/mol. The summed E-state index contributed by atoms with van der Waals surface area (Å²) >= 11 is 1.69. The molecule has 1 aromatic heterocycles. The third-order valence-corrected chi connectivity index (χ3v) is 4.03. The number of rotatable bonds is 3. The Bertz CT molecular complexity index is 531. The molecule has 0 saturated carbocycles. The van der Waals surface area contributed by atoms with Crippen LogP contribution in [0.3, 0.4) is 0 Å². The first-order chi connectivity index (χ1) is 8.13. The summed E-state index contributed by atoms with van der Waals surface area (Å²) in [6, 6.07) is 8.32. The first kappa shape index (κ1) is 12.0. The molecule has 1 heterocycles. The van der Waals surface area contributed by atoms with Gasteiger partial charge in [0.25, 0.3) is 0 Å². The molecule has 0 saturated heterocycles. The van der Waals surface area contributed by atoms with E-state index in [1.54, 1.807) is 11.8 Å². The van der Waals surface area contributed by atoms with Crippen LogP contribution in [-0.2, 0) is 6.54 Å². The molecule has 3 nitrogen and oxygen atoms in total. The number of aryl methyl sites for hydroxylation is 3. The van der Waals surface area contributed by atoms with Crippen LogP contribution in [0.25, 0.3) is 0 Å². The van der Waals surface area contributed by atoms with Crippen molar-refractivity contribution in [3.05, 3.63) is 35.5 Å². The molecule has 0 amide bonds. The van der Waals surface area contributed by atoms with E-state index in [0.717, 1.165) is 23.0 Å². The maximum atomic E-state index is 6.07. The van der Waals surface area contributed by atoms with Gasteiger partial charge >= 0.3 is 0 Å². The Morgan fingerprint density at radius 3 is 2.65 bits per heavy atom. The molecule has 1 aromatic carbocycles. The van der Waals surface area contributed by atoms with Crippen LogP contribution >= 0.6 is 11.8 Å². The van der Waals surface area contributed by atoms with Gasteiger partial charge in [0, 0.05) is 11.4 Å². The standard InChI is InChI=1S/C13H17N3S/c1-4-16-13(12(14)10(3)15-16)17-11-8-6-5-7-9(11)2/h5-8H,4,14H2,1-3H3. The third-order valence-electron chi connectivity index (χ3n) is 2.73. The lowest BCUT2D eigenvalue weighted by Gasteiger charge is -2.07. The first-order valence-corrected chi connectivity index (χ1v) is 6.51. The molecule has 0 aliphatic carbocycles. The Hall–Kier alpha value is -1.42. The third kappa shape index (κ3) is 2.31. The van der Waals surface area contributed by atoms with Crippen molar-refractivity contribution in [2.45, 2.75) is 37.2 Å². The highest BCUT2D eigenvalue weighted by Crippen LogP contribution is 2.35. The van der Waals surface area contributed by atoms with E-state index in [-0.39, 0.29) is 0 Å². The van der Waals surface area contributed by atoms with Gasteiger partial charge in [-0.15, -0.1) is 0 Å². The molecule has 2 rings (SSSR count). The smallest absolute Gasteiger partial charge is 0.122 e. The number of hydrogen-bond donors (Lipinski definition) is 1. The van der Waals surface area contributed by atoms with E-state index in [2.05, 4.69) is 31.1 Å². The van der Waals surface area contributed by atoms with E-state index in [9.17, 15) is 0 Å². The average Bonchev–Trinajstić information content (AvgIpc) is 2.59. The minimum absolute atomic E-state index is 0.792. The number of nitrogens with zero attached hydrogens (tertiary/aromatic N) is 2. The van der Waals surface area contributed by atoms with Crippen molar-refractivity contribution < 1.29 is 0 Å². The molecule has 0 atom stereocenters. The van der Waals surface area contributed by atoms with Gasteiger partial charge in [-0.2, -0.15) is 5.10 Å². The lowest BCUT2D eigenvalue weighted by Crippen LogP contribution is -1.99. The Morgan fingerprint density at radius 2 is 2.00 bits per heavy atom. The summed E-state index contributed by atoms with van der Waals surface area (Å²) in [4.78, 5) is 1.23. The Balaban J connectivity index is 2.39. The molecule has 0 fully saturated rings. The van der Waals surface area contributed by atoms with Crippen molar-refractivity contribution in [3.63, 3.8) is 0 Å². The number of hydrogen-bond acceptors (Lipinski definition) is 3. The van der Waals surface area contributed by atoms with Crippen molar-refractivity contribution in [1.82, 2.24) is 9.78 Å². The van der Waals surface area contributed by atoms with Crippen molar-refractivity contribution in [2.75, 3.05) is 5.73 Å². The predicted octanol–water partition coefficient (Wildman–Crippen LogP) is 3.25. The molecule has 0 bridgehead atoms. The Labute approximate surface area is 106 Å². The molecule has 0 unspecified atom stereocenters. The van der Waals surface area contributed by atoms with Crippen LogP contribution in [0, 0.1) is 13.8 Å². The van der Waals surface area contributed by atoms with Gasteiger partial charge in [-0.05, 0) is 32.4 Å². The normalized spacial score (nSPS) is 10.8. The lowest BCUT2D eigenvalue weighted by molar-refractivity contribution is 0.602. The van der Waals surface area contributed by atoms with Crippen LogP contribution in [0.4, 0.5) is 5.69 Å². The quantitative estimate of drug-likeness (QED) is 0.905. The molecule has 4 heteroatoms. The average molecular weight is 247 g/mol. The lowest BCUT2D eigenvalue weighted by atomic mass is 10.2. The fraction of sp³-hybridized carbons (Fsp3) is 0.308. The summed E-state index contributed by atoms with van der Waals surface area (Å²) < 4.78 is 1.96. The first-order valence-electron chi connectivity index (χ1n) is 5.69. The number of nitrogens with two attached hydrogens (primary N) is 1. The van der Waals surface area contributed by atoms with E-state index < -0.39 is 0 Å². The van der Waals surface area contributed by atoms with Crippen LogP contribution < -0.4 is 5.73 Å². The van der Waals surface area contributed by atoms with Gasteiger partial charge in [-0.3, -0.25) is 4.68 Å².